The Balaban J connectivity index is 2.20. The van der Waals surface area contributed by atoms with Crippen molar-refractivity contribution in [3.8, 4) is 0 Å². The molecule has 2 heteroatoms. The molecule has 0 heterocycles. The van der Waals surface area contributed by atoms with Gasteiger partial charge in [-0.1, -0.05) is 20.4 Å². The average Bonchev–Trinajstić information content (AvgIpc) is 2.97. The van der Waals surface area contributed by atoms with Crippen LogP contribution in [0.4, 0.5) is 0 Å². The molecule has 0 saturated heterocycles. The number of hydrogen-bond acceptors (Lipinski definition) is 2. The zero-order valence-corrected chi connectivity index (χ0v) is 9.68. The Labute approximate surface area is 88.4 Å². The van der Waals surface area contributed by atoms with Gasteiger partial charge in [0.05, 0.1) is 0 Å². The fraction of sp³-hybridized carbons (Fsp3) is 0.833. The highest BCUT2D eigenvalue weighted by atomic mass is 15.2. The topological polar surface area (TPSA) is 15.3 Å². The minimum atomic E-state index is 0.869. The highest BCUT2D eigenvalue weighted by Gasteiger charge is 2.28. The van der Waals surface area contributed by atoms with Crippen LogP contribution in [0.15, 0.2) is 12.2 Å². The highest BCUT2D eigenvalue weighted by molar-refractivity contribution is 5.02. The van der Waals surface area contributed by atoms with Crippen LogP contribution in [0.5, 0.6) is 0 Å². The molecule has 1 N–H and O–H groups in total. The maximum Gasteiger partial charge on any atom is 0.0205 e. The van der Waals surface area contributed by atoms with Crippen LogP contribution < -0.4 is 5.32 Å². The summed E-state index contributed by atoms with van der Waals surface area (Å²) >= 11 is 0. The Morgan fingerprint density at radius 3 is 2.64 bits per heavy atom. The Morgan fingerprint density at radius 2 is 2.14 bits per heavy atom. The van der Waals surface area contributed by atoms with E-state index in [4.69, 9.17) is 0 Å². The van der Waals surface area contributed by atoms with Gasteiger partial charge in [-0.2, -0.15) is 0 Å². The van der Waals surface area contributed by atoms with Crippen LogP contribution >= 0.6 is 0 Å². The molecular formula is C12H24N2. The summed E-state index contributed by atoms with van der Waals surface area (Å²) in [7, 11) is 0. The summed E-state index contributed by atoms with van der Waals surface area (Å²) < 4.78 is 0. The van der Waals surface area contributed by atoms with Crippen molar-refractivity contribution in [3.05, 3.63) is 12.2 Å². The molecule has 0 aromatic heterocycles. The second kappa shape index (κ2) is 6.20. The lowest BCUT2D eigenvalue weighted by Crippen LogP contribution is -2.31. The predicted octanol–water partition coefficient (Wildman–Crippen LogP) is 2.03. The molecular weight excluding hydrogens is 172 g/mol. The molecule has 0 radical (unpaired) electrons. The van der Waals surface area contributed by atoms with E-state index in [9.17, 15) is 0 Å². The number of hydrogen-bond donors (Lipinski definition) is 1. The van der Waals surface area contributed by atoms with Gasteiger partial charge in [0.25, 0.3) is 0 Å². The molecule has 1 aliphatic rings. The number of nitrogens with zero attached hydrogens (tertiary/aromatic N) is 1. The first-order valence-corrected chi connectivity index (χ1v) is 5.89. The molecule has 82 valence electrons. The van der Waals surface area contributed by atoms with Gasteiger partial charge in [-0.05, 0) is 37.9 Å². The minimum absolute atomic E-state index is 0.869. The van der Waals surface area contributed by atoms with E-state index >= 15 is 0 Å². The molecule has 0 aromatic rings. The summed E-state index contributed by atoms with van der Waals surface area (Å²) in [6.45, 7) is 12.8. The monoisotopic (exact) mass is 196 g/mol. The van der Waals surface area contributed by atoms with Crippen LogP contribution in [-0.2, 0) is 0 Å². The summed E-state index contributed by atoms with van der Waals surface area (Å²) in [5.41, 5.74) is 1.33. The summed E-state index contributed by atoms with van der Waals surface area (Å²) in [6.07, 6.45) is 4.05. The van der Waals surface area contributed by atoms with Crippen LogP contribution in [0.25, 0.3) is 0 Å². The lowest BCUT2D eigenvalue weighted by atomic mass is 10.2. The van der Waals surface area contributed by atoms with Crippen LogP contribution in [0.2, 0.25) is 0 Å². The fourth-order valence-corrected chi connectivity index (χ4v) is 1.76. The summed E-state index contributed by atoms with van der Waals surface area (Å²) in [5.74, 6) is 0. The molecule has 1 fully saturated rings. The summed E-state index contributed by atoms with van der Waals surface area (Å²) in [5, 5.41) is 3.33. The third kappa shape index (κ3) is 4.25. The quantitative estimate of drug-likeness (QED) is 0.598. The van der Waals surface area contributed by atoms with E-state index in [1.807, 2.05) is 0 Å². The summed E-state index contributed by atoms with van der Waals surface area (Å²) in [4.78, 5) is 2.58. The first-order chi connectivity index (χ1) is 6.77. The Hall–Kier alpha value is -0.340. The molecule has 1 saturated carbocycles. The number of likely N-dealkylation sites (N-methyl/N-ethyl adjacent to an activating group) is 1. The third-order valence-electron chi connectivity index (χ3n) is 2.63. The van der Waals surface area contributed by atoms with Gasteiger partial charge in [-0.3, -0.25) is 4.90 Å². The van der Waals surface area contributed by atoms with Crippen molar-refractivity contribution in [2.45, 2.75) is 39.2 Å². The van der Waals surface area contributed by atoms with Crippen LogP contribution in [0, 0.1) is 0 Å². The van der Waals surface area contributed by atoms with Crippen molar-refractivity contribution in [3.63, 3.8) is 0 Å². The first-order valence-electron chi connectivity index (χ1n) is 5.89. The van der Waals surface area contributed by atoms with Gasteiger partial charge in [0.1, 0.15) is 0 Å². The van der Waals surface area contributed by atoms with Gasteiger partial charge in [-0.15, -0.1) is 0 Å². The van der Waals surface area contributed by atoms with Crippen LogP contribution in [0.1, 0.15) is 33.1 Å². The van der Waals surface area contributed by atoms with E-state index in [2.05, 4.69) is 30.6 Å². The lowest BCUT2D eigenvalue weighted by molar-refractivity contribution is 0.284. The van der Waals surface area contributed by atoms with Crippen LogP contribution in [-0.4, -0.2) is 37.1 Å². The first kappa shape index (κ1) is 11.7. The molecule has 0 atom stereocenters. The van der Waals surface area contributed by atoms with Gasteiger partial charge < -0.3 is 5.32 Å². The number of nitrogens with one attached hydrogen (secondary N) is 1. The number of rotatable bonds is 8. The maximum absolute atomic E-state index is 4.12. The average molecular weight is 196 g/mol. The molecule has 1 aliphatic carbocycles. The van der Waals surface area contributed by atoms with E-state index in [1.54, 1.807) is 0 Å². The van der Waals surface area contributed by atoms with Gasteiger partial charge >= 0.3 is 0 Å². The molecule has 14 heavy (non-hydrogen) atoms. The Bertz CT molecular complexity index is 173. The van der Waals surface area contributed by atoms with Crippen molar-refractivity contribution in [1.29, 1.82) is 0 Å². The van der Waals surface area contributed by atoms with Crippen molar-refractivity contribution in [2.24, 2.45) is 0 Å². The molecule has 0 amide bonds. The normalized spacial score (nSPS) is 16.2. The Morgan fingerprint density at radius 1 is 1.43 bits per heavy atom. The van der Waals surface area contributed by atoms with Crippen molar-refractivity contribution in [2.75, 3.05) is 26.2 Å². The zero-order chi connectivity index (χ0) is 10.4. The van der Waals surface area contributed by atoms with E-state index in [-0.39, 0.29) is 0 Å². The van der Waals surface area contributed by atoms with E-state index in [1.165, 1.54) is 31.4 Å². The van der Waals surface area contributed by atoms with Gasteiger partial charge in [0.2, 0.25) is 0 Å². The molecule has 1 rings (SSSR count). The highest BCUT2D eigenvalue weighted by Crippen LogP contribution is 2.27. The van der Waals surface area contributed by atoms with E-state index in [0.717, 1.165) is 25.7 Å². The zero-order valence-electron chi connectivity index (χ0n) is 9.68. The fourth-order valence-electron chi connectivity index (χ4n) is 1.76. The van der Waals surface area contributed by atoms with Crippen molar-refractivity contribution < 1.29 is 0 Å². The molecule has 2 nitrogen and oxygen atoms in total. The smallest absolute Gasteiger partial charge is 0.0205 e. The van der Waals surface area contributed by atoms with Gasteiger partial charge in [0.15, 0.2) is 0 Å². The van der Waals surface area contributed by atoms with Gasteiger partial charge in [0, 0.05) is 19.1 Å². The van der Waals surface area contributed by atoms with Crippen molar-refractivity contribution >= 4 is 0 Å². The summed E-state index contributed by atoms with van der Waals surface area (Å²) in [6, 6.07) is 0.869. The molecule has 0 aliphatic heterocycles. The molecule has 0 spiro atoms. The van der Waals surface area contributed by atoms with Crippen LogP contribution in [0.3, 0.4) is 0 Å². The predicted molar refractivity (Wildman–Crippen MR) is 62.6 cm³/mol. The largest absolute Gasteiger partial charge is 0.313 e. The maximum atomic E-state index is 4.12. The van der Waals surface area contributed by atoms with E-state index < -0.39 is 0 Å². The second-order valence-corrected chi connectivity index (χ2v) is 4.23. The Kier molecular flexibility index (Phi) is 5.20. The standard InChI is InChI=1S/C12H24N2/c1-4-8-14(12-6-7-12)10-11(3)9-13-5-2/h12-13H,3-10H2,1-2H3. The minimum Gasteiger partial charge on any atom is -0.313 e. The lowest BCUT2D eigenvalue weighted by Gasteiger charge is -2.22. The molecule has 0 bridgehead atoms. The van der Waals surface area contributed by atoms with Gasteiger partial charge in [-0.25, -0.2) is 0 Å². The molecule has 0 aromatic carbocycles. The third-order valence-corrected chi connectivity index (χ3v) is 2.63. The van der Waals surface area contributed by atoms with Crippen molar-refractivity contribution in [1.82, 2.24) is 10.2 Å². The second-order valence-electron chi connectivity index (χ2n) is 4.23. The van der Waals surface area contributed by atoms with E-state index in [0.29, 0.717) is 0 Å². The SMILES string of the molecule is C=C(CNCC)CN(CCC)C1CC1. The molecule has 0 unspecified atom stereocenters.